The molecule has 0 saturated carbocycles. The molecule has 0 aliphatic rings. The van der Waals surface area contributed by atoms with Crippen LogP contribution in [-0.4, -0.2) is 0 Å². The molecule has 9 heteroatoms. The van der Waals surface area contributed by atoms with Crippen LogP contribution >= 0.6 is 8.34 Å². The first-order valence-corrected chi connectivity index (χ1v) is 1.10. The summed E-state index contributed by atoms with van der Waals surface area (Å²) in [5, 5.41) is 0. The Labute approximate surface area is 47.1 Å². The van der Waals surface area contributed by atoms with E-state index < -0.39 is 8.34 Å². The maximum absolute atomic E-state index is 8.35. The van der Waals surface area contributed by atoms with Gasteiger partial charge in [0, 0.05) is 0 Å². The maximum atomic E-state index is 8.35. The van der Waals surface area contributed by atoms with Gasteiger partial charge in [0.05, 0.1) is 0 Å². The fraction of sp³-hybridized carbons (Fsp3) is 0. The Balaban J connectivity index is -0.00000000133. The van der Waals surface area contributed by atoms with Gasteiger partial charge >= 0.3 is 17.5 Å². The molecule has 0 aliphatic heterocycles. The molecule has 0 aromatic carbocycles. The zero-order valence-corrected chi connectivity index (χ0v) is 4.61. The van der Waals surface area contributed by atoms with Gasteiger partial charge in [0.1, 0.15) is 0 Å². The third-order valence-electron chi connectivity index (χ3n) is 0. The van der Waals surface area contributed by atoms with Gasteiger partial charge in [-0.3, -0.25) is 28.2 Å². The number of rotatable bonds is 0. The van der Waals surface area contributed by atoms with Crippen molar-refractivity contribution >= 4 is 8.34 Å². The average molecular weight is 183 g/mol. The first kappa shape index (κ1) is 192. The van der Waals surface area contributed by atoms with Crippen LogP contribution in [-0.2, 0) is 9.13 Å². The molecule has 0 spiro atoms. The van der Waals surface area contributed by atoms with Crippen LogP contribution < -0.4 is 0 Å². The van der Waals surface area contributed by atoms with Gasteiger partial charge in [-0.1, -0.05) is 0 Å². The Morgan fingerprint density at radius 3 is 0.556 bits per heavy atom. The predicted molar refractivity (Wildman–Crippen MR) is 23.3 cm³/mol. The van der Waals surface area contributed by atoms with Crippen molar-refractivity contribution in [3.8, 4) is 0 Å². The van der Waals surface area contributed by atoms with Crippen molar-refractivity contribution in [1.82, 2.24) is 0 Å². The van der Waals surface area contributed by atoms with E-state index in [0.717, 1.165) is 0 Å². The van der Waals surface area contributed by atoms with Gasteiger partial charge in [-0.15, -0.1) is 0 Å². The van der Waals surface area contributed by atoms with Crippen molar-refractivity contribution in [3.63, 3.8) is 0 Å². The monoisotopic (exact) mass is 183 g/mol. The van der Waals surface area contributed by atoms with Crippen molar-refractivity contribution in [2.45, 2.75) is 0 Å². The van der Waals surface area contributed by atoms with Crippen molar-refractivity contribution in [1.29, 1.82) is 0 Å². The summed E-state index contributed by atoms with van der Waals surface area (Å²) in [5.74, 6) is 0. The SMILES string of the molecule is F.F.F.F.F.F.O=[P+]=O. The predicted octanol–water partition coefficient (Wildman–Crippen LogP) is 1.54. The minimum atomic E-state index is -1.08. The van der Waals surface area contributed by atoms with E-state index >= 15 is 0 Å². The van der Waals surface area contributed by atoms with Gasteiger partial charge in [0.25, 0.3) is 0 Å². The van der Waals surface area contributed by atoms with Crippen LogP contribution in [0.25, 0.3) is 0 Å². The molecule has 0 radical (unpaired) electrons. The summed E-state index contributed by atoms with van der Waals surface area (Å²) in [5.41, 5.74) is 0. The van der Waals surface area contributed by atoms with Crippen LogP contribution in [0.3, 0.4) is 0 Å². The molecule has 2 nitrogen and oxygen atoms in total. The minimum absolute atomic E-state index is 0. The van der Waals surface area contributed by atoms with E-state index in [4.69, 9.17) is 9.13 Å². The number of hydrogen-bond acceptors (Lipinski definition) is 2. The van der Waals surface area contributed by atoms with Gasteiger partial charge in [0.2, 0.25) is 0 Å². The van der Waals surface area contributed by atoms with Crippen LogP contribution in [0.1, 0.15) is 0 Å². The average Bonchev–Trinajstić information content (AvgIpc) is 0.918. The van der Waals surface area contributed by atoms with E-state index in [0.29, 0.717) is 0 Å². The molecule has 0 amide bonds. The summed E-state index contributed by atoms with van der Waals surface area (Å²) in [4.78, 5) is 0. The Kier molecular flexibility index (Phi) is 19100. The zero-order chi connectivity index (χ0) is 2.71. The second-order valence-corrected chi connectivity index (χ2v) is 0.224. The molecular formula is H6F6O2P+. The summed E-state index contributed by atoms with van der Waals surface area (Å²) in [6, 6.07) is 0. The normalized spacial score (nSPS) is 0.889. The molecule has 0 aliphatic carbocycles. The Morgan fingerprint density at radius 1 is 0.556 bits per heavy atom. The van der Waals surface area contributed by atoms with E-state index in [2.05, 4.69) is 0 Å². The van der Waals surface area contributed by atoms with Crippen LogP contribution in [0, 0.1) is 0 Å². The summed E-state index contributed by atoms with van der Waals surface area (Å²) >= 11 is 0. The van der Waals surface area contributed by atoms with E-state index in [-0.39, 0.29) is 28.2 Å². The molecule has 0 bridgehead atoms. The van der Waals surface area contributed by atoms with Gasteiger partial charge in [-0.25, -0.2) is 0 Å². The summed E-state index contributed by atoms with van der Waals surface area (Å²) in [6.45, 7) is 0. The van der Waals surface area contributed by atoms with Crippen LogP contribution in [0.4, 0.5) is 28.2 Å². The fourth-order valence-corrected chi connectivity index (χ4v) is 0. The van der Waals surface area contributed by atoms with Crippen molar-refractivity contribution in [2.24, 2.45) is 0 Å². The Hall–Kier alpha value is -0.390. The molecular weight excluding hydrogens is 177 g/mol. The fourth-order valence-electron chi connectivity index (χ4n) is 0. The molecule has 9 heavy (non-hydrogen) atoms. The molecule has 0 saturated heterocycles. The molecule has 0 aromatic heterocycles. The first-order valence-electron chi connectivity index (χ1n) is 0.365. The quantitative estimate of drug-likeness (QED) is 0.421. The van der Waals surface area contributed by atoms with Crippen LogP contribution in [0.2, 0.25) is 0 Å². The molecule has 0 aromatic rings. The standard InChI is InChI=1S/6FH.O2P/c;;;;;;1-3-2/h6*1H;/q;;;;;;+1. The van der Waals surface area contributed by atoms with Gasteiger partial charge in [-0.2, -0.15) is 0 Å². The molecule has 64 valence electrons. The molecule has 0 rings (SSSR count). The zero-order valence-electron chi connectivity index (χ0n) is 3.71. The first-order chi connectivity index (χ1) is 1.41. The van der Waals surface area contributed by atoms with Gasteiger partial charge in [0.15, 0.2) is 0 Å². The van der Waals surface area contributed by atoms with Gasteiger partial charge in [-0.05, 0) is 0 Å². The molecule has 0 atom stereocenters. The summed E-state index contributed by atoms with van der Waals surface area (Å²) < 4.78 is 16.7. The molecule has 0 N–H and O–H groups in total. The molecule has 0 heterocycles. The molecule has 0 fully saturated rings. The van der Waals surface area contributed by atoms with Crippen molar-refractivity contribution in [2.75, 3.05) is 0 Å². The van der Waals surface area contributed by atoms with Crippen LogP contribution in [0.15, 0.2) is 0 Å². The van der Waals surface area contributed by atoms with Crippen molar-refractivity contribution < 1.29 is 37.4 Å². The Bertz CT molecular complexity index is 32.0. The second-order valence-electron chi connectivity index (χ2n) is 0.0745. The summed E-state index contributed by atoms with van der Waals surface area (Å²) in [7, 11) is -1.08. The van der Waals surface area contributed by atoms with E-state index in [1.807, 2.05) is 0 Å². The van der Waals surface area contributed by atoms with E-state index in [9.17, 15) is 0 Å². The Morgan fingerprint density at radius 2 is 0.556 bits per heavy atom. The van der Waals surface area contributed by atoms with E-state index in [1.54, 1.807) is 0 Å². The van der Waals surface area contributed by atoms with Crippen molar-refractivity contribution in [3.05, 3.63) is 0 Å². The van der Waals surface area contributed by atoms with Gasteiger partial charge < -0.3 is 0 Å². The second kappa shape index (κ2) is 894. The van der Waals surface area contributed by atoms with E-state index in [1.165, 1.54) is 0 Å². The third-order valence-corrected chi connectivity index (χ3v) is 0. The topological polar surface area (TPSA) is 34.1 Å². The summed E-state index contributed by atoms with van der Waals surface area (Å²) in [6.07, 6.45) is 0. The van der Waals surface area contributed by atoms with Crippen LogP contribution in [0.5, 0.6) is 0 Å². The number of halogens is 6. The molecule has 0 unspecified atom stereocenters. The number of hydrogen-bond donors (Lipinski definition) is 0. The third kappa shape index (κ3) is 1570.